The maximum Gasteiger partial charge on any atom is 0.349 e. The molecule has 0 radical (unpaired) electrons. The monoisotopic (exact) mass is 358 g/mol. The van der Waals surface area contributed by atoms with Gasteiger partial charge in [0.2, 0.25) is 6.10 Å². The van der Waals surface area contributed by atoms with Crippen molar-refractivity contribution < 1.29 is 28.8 Å². The Morgan fingerprint density at radius 3 is 2.50 bits per heavy atom. The molecule has 1 aliphatic rings. The van der Waals surface area contributed by atoms with Crippen molar-refractivity contribution in [2.45, 2.75) is 32.0 Å². The average molecular weight is 358 g/mol. The summed E-state index contributed by atoms with van der Waals surface area (Å²) >= 11 is 0. The highest BCUT2D eigenvalue weighted by Crippen LogP contribution is 2.41. The minimum Gasteiger partial charge on any atom is -0.493 e. The van der Waals surface area contributed by atoms with E-state index >= 15 is 0 Å². The second-order valence-electron chi connectivity index (χ2n) is 5.97. The topological polar surface area (TPSA) is 74.2 Å². The van der Waals surface area contributed by atoms with Crippen molar-refractivity contribution in [2.75, 3.05) is 13.7 Å². The predicted molar refractivity (Wildman–Crippen MR) is 95.3 cm³/mol. The third-order valence-corrected chi connectivity index (χ3v) is 4.15. The van der Waals surface area contributed by atoms with E-state index in [2.05, 4.69) is 6.92 Å². The number of carboxylic acid groups (broad SMARTS) is 1. The van der Waals surface area contributed by atoms with Gasteiger partial charge in [0.05, 0.1) is 13.7 Å². The van der Waals surface area contributed by atoms with Gasteiger partial charge in [-0.2, -0.15) is 0 Å². The van der Waals surface area contributed by atoms with Crippen molar-refractivity contribution in [1.29, 1.82) is 0 Å². The second kappa shape index (κ2) is 7.99. The first-order valence-corrected chi connectivity index (χ1v) is 8.60. The molecule has 6 nitrogen and oxygen atoms in total. The molecule has 0 fully saturated rings. The Morgan fingerprint density at radius 1 is 1.12 bits per heavy atom. The molecule has 1 aliphatic heterocycles. The summed E-state index contributed by atoms with van der Waals surface area (Å²) in [7, 11) is 1.55. The molecular weight excluding hydrogens is 336 g/mol. The molecule has 0 saturated heterocycles. The van der Waals surface area contributed by atoms with E-state index in [0.717, 1.165) is 12.8 Å². The first kappa shape index (κ1) is 17.9. The van der Waals surface area contributed by atoms with Gasteiger partial charge in [-0.05, 0) is 30.7 Å². The van der Waals surface area contributed by atoms with E-state index in [-0.39, 0.29) is 0 Å². The third kappa shape index (κ3) is 3.69. The Balaban J connectivity index is 1.89. The number of benzene rings is 2. The SMILES string of the molecule is CCCCOc1ccc(C2Oc3ccccc3OC2C(=O)O)cc1OC. The van der Waals surface area contributed by atoms with E-state index < -0.39 is 18.2 Å². The summed E-state index contributed by atoms with van der Waals surface area (Å²) < 4.78 is 22.7. The van der Waals surface area contributed by atoms with Crippen molar-refractivity contribution in [3.8, 4) is 23.0 Å². The molecule has 26 heavy (non-hydrogen) atoms. The van der Waals surface area contributed by atoms with Crippen LogP contribution in [0.25, 0.3) is 0 Å². The van der Waals surface area contributed by atoms with Crippen LogP contribution in [0.15, 0.2) is 42.5 Å². The van der Waals surface area contributed by atoms with E-state index in [4.69, 9.17) is 18.9 Å². The van der Waals surface area contributed by atoms with Crippen molar-refractivity contribution in [1.82, 2.24) is 0 Å². The Kier molecular flexibility index (Phi) is 5.51. The molecule has 2 aromatic rings. The van der Waals surface area contributed by atoms with E-state index in [9.17, 15) is 9.90 Å². The molecule has 0 aliphatic carbocycles. The summed E-state index contributed by atoms with van der Waals surface area (Å²) in [5.74, 6) is 0.991. The Hall–Kier alpha value is -2.89. The molecule has 1 heterocycles. The molecule has 1 N–H and O–H groups in total. The van der Waals surface area contributed by atoms with E-state index in [1.54, 1.807) is 43.5 Å². The Labute approximate surface area is 152 Å². The highest BCUT2D eigenvalue weighted by molar-refractivity contribution is 5.75. The first-order chi connectivity index (χ1) is 12.6. The molecular formula is C20H22O6. The highest BCUT2D eigenvalue weighted by Gasteiger charge is 2.38. The molecule has 2 unspecified atom stereocenters. The normalized spacial score (nSPS) is 18.2. The minimum absolute atomic E-state index is 0.419. The van der Waals surface area contributed by atoms with Crippen LogP contribution in [-0.4, -0.2) is 30.9 Å². The number of carboxylic acids is 1. The molecule has 2 atom stereocenters. The Bertz CT molecular complexity index is 773. The molecule has 6 heteroatoms. The van der Waals surface area contributed by atoms with Gasteiger partial charge < -0.3 is 24.1 Å². The zero-order chi connectivity index (χ0) is 18.5. The van der Waals surface area contributed by atoms with Crippen molar-refractivity contribution in [2.24, 2.45) is 0 Å². The summed E-state index contributed by atoms with van der Waals surface area (Å²) in [5, 5.41) is 9.56. The fourth-order valence-electron chi connectivity index (χ4n) is 2.77. The maximum absolute atomic E-state index is 11.7. The van der Waals surface area contributed by atoms with Crippen LogP contribution in [-0.2, 0) is 4.79 Å². The fraction of sp³-hybridized carbons (Fsp3) is 0.350. The molecule has 0 bridgehead atoms. The van der Waals surface area contributed by atoms with Crippen molar-refractivity contribution in [3.05, 3.63) is 48.0 Å². The zero-order valence-electron chi connectivity index (χ0n) is 14.8. The predicted octanol–water partition coefficient (Wildman–Crippen LogP) is 3.84. The largest absolute Gasteiger partial charge is 0.493 e. The summed E-state index contributed by atoms with van der Waals surface area (Å²) in [4.78, 5) is 11.7. The Morgan fingerprint density at radius 2 is 1.85 bits per heavy atom. The first-order valence-electron chi connectivity index (χ1n) is 8.60. The molecule has 0 spiro atoms. The second-order valence-corrected chi connectivity index (χ2v) is 5.97. The maximum atomic E-state index is 11.7. The lowest BCUT2D eigenvalue weighted by atomic mass is 10.0. The van der Waals surface area contributed by atoms with Crippen LogP contribution in [0.1, 0.15) is 31.4 Å². The number of unbranched alkanes of at least 4 members (excludes halogenated alkanes) is 1. The minimum atomic E-state index is -1.15. The van der Waals surface area contributed by atoms with Crippen LogP contribution in [0, 0.1) is 0 Å². The zero-order valence-corrected chi connectivity index (χ0v) is 14.8. The number of fused-ring (bicyclic) bond motifs is 1. The van der Waals surface area contributed by atoms with Gasteiger partial charge in [-0.15, -0.1) is 0 Å². The van der Waals surface area contributed by atoms with Crippen LogP contribution in [0.4, 0.5) is 0 Å². The number of hydrogen-bond acceptors (Lipinski definition) is 5. The van der Waals surface area contributed by atoms with Crippen LogP contribution in [0.3, 0.4) is 0 Å². The van der Waals surface area contributed by atoms with Gasteiger partial charge in [0.15, 0.2) is 29.1 Å². The number of aliphatic carboxylic acids is 1. The van der Waals surface area contributed by atoms with Gasteiger partial charge in [0.1, 0.15) is 0 Å². The number of carbonyl (C=O) groups is 1. The average Bonchev–Trinajstić information content (AvgIpc) is 2.67. The van der Waals surface area contributed by atoms with Crippen LogP contribution >= 0.6 is 0 Å². The molecule has 0 saturated carbocycles. The standard InChI is InChI=1S/C20H22O6/c1-3-4-11-24-14-10-9-13(12-17(14)23-2)18-19(20(21)22)26-16-8-6-5-7-15(16)25-18/h5-10,12,18-19H,3-4,11H2,1-2H3,(H,21,22). The fourth-order valence-corrected chi connectivity index (χ4v) is 2.77. The molecule has 0 amide bonds. The molecule has 3 rings (SSSR count). The van der Waals surface area contributed by atoms with Gasteiger partial charge in [0, 0.05) is 5.56 Å². The molecule has 0 aromatic heterocycles. The van der Waals surface area contributed by atoms with Gasteiger partial charge in [0.25, 0.3) is 0 Å². The van der Waals surface area contributed by atoms with Crippen LogP contribution in [0.2, 0.25) is 0 Å². The number of ether oxygens (including phenoxy) is 4. The third-order valence-electron chi connectivity index (χ3n) is 4.15. The highest BCUT2D eigenvalue weighted by atomic mass is 16.6. The summed E-state index contributed by atoms with van der Waals surface area (Å²) in [6.07, 6.45) is 0.0397. The van der Waals surface area contributed by atoms with Gasteiger partial charge in [-0.25, -0.2) is 4.79 Å². The van der Waals surface area contributed by atoms with Crippen molar-refractivity contribution >= 4 is 5.97 Å². The van der Waals surface area contributed by atoms with Crippen LogP contribution in [0.5, 0.6) is 23.0 Å². The lowest BCUT2D eigenvalue weighted by molar-refractivity contribution is -0.151. The number of para-hydroxylation sites is 2. The van der Waals surface area contributed by atoms with Gasteiger partial charge in [-0.1, -0.05) is 31.5 Å². The molecule has 138 valence electrons. The van der Waals surface area contributed by atoms with Gasteiger partial charge >= 0.3 is 5.97 Å². The van der Waals surface area contributed by atoms with Gasteiger partial charge in [-0.3, -0.25) is 0 Å². The van der Waals surface area contributed by atoms with E-state index in [0.29, 0.717) is 35.2 Å². The summed E-state index contributed by atoms with van der Waals surface area (Å²) in [6.45, 7) is 2.69. The lowest BCUT2D eigenvalue weighted by Gasteiger charge is -2.32. The van der Waals surface area contributed by atoms with E-state index in [1.165, 1.54) is 0 Å². The number of methoxy groups -OCH3 is 1. The summed E-state index contributed by atoms with van der Waals surface area (Å²) in [6, 6.07) is 12.3. The number of rotatable bonds is 7. The summed E-state index contributed by atoms with van der Waals surface area (Å²) in [5.41, 5.74) is 0.645. The van der Waals surface area contributed by atoms with Crippen LogP contribution < -0.4 is 18.9 Å². The molecule has 2 aromatic carbocycles. The quantitative estimate of drug-likeness (QED) is 0.758. The smallest absolute Gasteiger partial charge is 0.349 e. The lowest BCUT2D eigenvalue weighted by Crippen LogP contribution is -2.39. The van der Waals surface area contributed by atoms with E-state index in [1.807, 2.05) is 6.07 Å². The van der Waals surface area contributed by atoms with Crippen molar-refractivity contribution in [3.63, 3.8) is 0 Å². The number of hydrogen-bond donors (Lipinski definition) is 1.